The van der Waals surface area contributed by atoms with E-state index in [4.69, 9.17) is 4.74 Å². The van der Waals surface area contributed by atoms with Gasteiger partial charge >= 0.3 is 0 Å². The summed E-state index contributed by atoms with van der Waals surface area (Å²) in [5, 5.41) is 3.18. The lowest BCUT2D eigenvalue weighted by Crippen LogP contribution is -2.29. The summed E-state index contributed by atoms with van der Waals surface area (Å²) in [4.78, 5) is 0. The van der Waals surface area contributed by atoms with E-state index < -0.39 is 11.6 Å². The summed E-state index contributed by atoms with van der Waals surface area (Å²) in [5.74, 6) is -1.49. The van der Waals surface area contributed by atoms with Crippen LogP contribution in [-0.2, 0) is 11.2 Å². The number of nitrogens with one attached hydrogen (secondary N) is 1. The molecule has 2 unspecified atom stereocenters. The number of rotatable bonds is 6. The van der Waals surface area contributed by atoms with Gasteiger partial charge in [0.15, 0.2) is 11.6 Å². The van der Waals surface area contributed by atoms with Crippen molar-refractivity contribution in [3.8, 4) is 0 Å². The van der Waals surface area contributed by atoms with Crippen molar-refractivity contribution in [3.05, 3.63) is 35.4 Å². The third-order valence-corrected chi connectivity index (χ3v) is 3.77. The molecule has 1 aliphatic heterocycles. The molecule has 1 fully saturated rings. The van der Waals surface area contributed by atoms with Crippen LogP contribution >= 0.6 is 0 Å². The highest BCUT2D eigenvalue weighted by molar-refractivity contribution is 5.20. The highest BCUT2D eigenvalue weighted by Gasteiger charge is 2.18. The molecule has 1 aromatic rings. The predicted octanol–water partition coefficient (Wildman–Crippen LogP) is 3.05. The van der Waals surface area contributed by atoms with Gasteiger partial charge in [0.2, 0.25) is 0 Å². The molecule has 2 rings (SSSR count). The van der Waals surface area contributed by atoms with Crippen molar-refractivity contribution in [1.29, 1.82) is 0 Å². The molecule has 1 N–H and O–H groups in total. The minimum atomic E-state index is -0.772. The highest BCUT2D eigenvalue weighted by Crippen LogP contribution is 2.20. The van der Waals surface area contributed by atoms with Gasteiger partial charge in [-0.15, -0.1) is 0 Å². The fourth-order valence-corrected chi connectivity index (χ4v) is 2.58. The molecule has 19 heavy (non-hydrogen) atoms. The van der Waals surface area contributed by atoms with Crippen molar-refractivity contribution < 1.29 is 13.5 Å². The Morgan fingerprint density at radius 3 is 2.95 bits per heavy atom. The van der Waals surface area contributed by atoms with Gasteiger partial charge in [-0.2, -0.15) is 0 Å². The molecule has 0 aliphatic carbocycles. The van der Waals surface area contributed by atoms with Gasteiger partial charge in [0.1, 0.15) is 0 Å². The first-order valence-corrected chi connectivity index (χ1v) is 6.92. The van der Waals surface area contributed by atoms with E-state index in [0.717, 1.165) is 38.4 Å². The number of likely N-dealkylation sites (N-methyl/N-ethyl adjacent to an activating group) is 1. The second-order valence-electron chi connectivity index (χ2n) is 5.12. The molecule has 1 saturated heterocycles. The lowest BCUT2D eigenvalue weighted by atomic mass is 9.99. The summed E-state index contributed by atoms with van der Waals surface area (Å²) < 4.78 is 32.3. The number of ether oxygens (including phenoxy) is 1. The topological polar surface area (TPSA) is 21.3 Å². The quantitative estimate of drug-likeness (QED) is 0.857. The van der Waals surface area contributed by atoms with Crippen LogP contribution in [0.15, 0.2) is 18.2 Å². The van der Waals surface area contributed by atoms with Crippen molar-refractivity contribution in [3.63, 3.8) is 0 Å². The fraction of sp³-hybridized carbons (Fsp3) is 0.600. The van der Waals surface area contributed by atoms with Crippen LogP contribution in [0.4, 0.5) is 8.78 Å². The maximum atomic E-state index is 13.6. The van der Waals surface area contributed by atoms with Crippen LogP contribution in [0.1, 0.15) is 31.2 Å². The van der Waals surface area contributed by atoms with E-state index in [0.29, 0.717) is 18.1 Å². The van der Waals surface area contributed by atoms with Gasteiger partial charge in [0, 0.05) is 12.6 Å². The zero-order valence-electron chi connectivity index (χ0n) is 11.3. The van der Waals surface area contributed by atoms with E-state index in [1.165, 1.54) is 0 Å². The molecule has 0 spiro atoms. The maximum absolute atomic E-state index is 13.6. The molecule has 1 aromatic carbocycles. The van der Waals surface area contributed by atoms with Gasteiger partial charge in [-0.25, -0.2) is 8.78 Å². The smallest absolute Gasteiger partial charge is 0.162 e. The summed E-state index contributed by atoms with van der Waals surface area (Å²) in [5.41, 5.74) is 0.437. The second kappa shape index (κ2) is 6.96. The molecular formula is C15H21F2NO. The number of hydrogen-bond acceptors (Lipinski definition) is 2. The first-order valence-electron chi connectivity index (χ1n) is 6.92. The summed E-state index contributed by atoms with van der Waals surface area (Å²) >= 11 is 0. The van der Waals surface area contributed by atoms with Crippen LogP contribution in [-0.4, -0.2) is 25.8 Å². The average molecular weight is 269 g/mol. The van der Waals surface area contributed by atoms with Crippen LogP contribution in [0.2, 0.25) is 0 Å². The normalized spacial score (nSPS) is 20.7. The zero-order valence-corrected chi connectivity index (χ0v) is 11.3. The first kappa shape index (κ1) is 14.4. The molecule has 0 aromatic heterocycles. The Balaban J connectivity index is 1.88. The second-order valence-corrected chi connectivity index (χ2v) is 5.12. The number of hydrogen-bond donors (Lipinski definition) is 1. The minimum absolute atomic E-state index is 0.153. The summed E-state index contributed by atoms with van der Waals surface area (Å²) in [6, 6.07) is 4.51. The molecule has 0 saturated carbocycles. The lowest BCUT2D eigenvalue weighted by molar-refractivity contribution is 0.0998. The summed E-state index contributed by atoms with van der Waals surface area (Å²) in [6.45, 7) is 0.855. The van der Waals surface area contributed by atoms with Gasteiger partial charge in [-0.05, 0) is 50.8 Å². The molecule has 0 radical (unpaired) electrons. The Hall–Kier alpha value is -1.00. The molecule has 106 valence electrons. The lowest BCUT2D eigenvalue weighted by Gasteiger charge is -2.18. The SMILES string of the molecule is CNC(CCC1CCCO1)Cc1cccc(F)c1F. The molecule has 0 bridgehead atoms. The van der Waals surface area contributed by atoms with Crippen molar-refractivity contribution in [2.75, 3.05) is 13.7 Å². The largest absolute Gasteiger partial charge is 0.378 e. The average Bonchev–Trinajstić information content (AvgIpc) is 2.92. The Morgan fingerprint density at radius 2 is 2.26 bits per heavy atom. The Labute approximate surface area is 113 Å². The fourth-order valence-electron chi connectivity index (χ4n) is 2.58. The molecule has 1 heterocycles. The first-order chi connectivity index (χ1) is 9.20. The molecule has 2 nitrogen and oxygen atoms in total. The van der Waals surface area contributed by atoms with E-state index in [-0.39, 0.29) is 6.04 Å². The zero-order chi connectivity index (χ0) is 13.7. The van der Waals surface area contributed by atoms with Crippen molar-refractivity contribution in [1.82, 2.24) is 5.32 Å². The summed E-state index contributed by atoms with van der Waals surface area (Å²) in [6.07, 6.45) is 4.98. The van der Waals surface area contributed by atoms with Crippen LogP contribution in [0, 0.1) is 11.6 Å². The standard InChI is InChI=1S/C15H21F2NO/c1-18-12(7-8-13-5-3-9-19-13)10-11-4-2-6-14(16)15(11)17/h2,4,6,12-13,18H,3,5,7-10H2,1H3. The Kier molecular flexibility index (Phi) is 5.28. The van der Waals surface area contributed by atoms with Crippen LogP contribution in [0.5, 0.6) is 0 Å². The Bertz CT molecular complexity index is 405. The third-order valence-electron chi connectivity index (χ3n) is 3.77. The molecule has 0 amide bonds. The van der Waals surface area contributed by atoms with Gasteiger partial charge < -0.3 is 10.1 Å². The van der Waals surface area contributed by atoms with Gasteiger partial charge in [0.05, 0.1) is 6.10 Å². The minimum Gasteiger partial charge on any atom is -0.378 e. The van der Waals surface area contributed by atoms with E-state index >= 15 is 0 Å². The van der Waals surface area contributed by atoms with Crippen molar-refractivity contribution in [2.45, 2.75) is 44.2 Å². The molecular weight excluding hydrogens is 248 g/mol. The molecule has 4 heteroatoms. The van der Waals surface area contributed by atoms with Gasteiger partial charge in [-0.3, -0.25) is 0 Å². The monoisotopic (exact) mass is 269 g/mol. The Morgan fingerprint density at radius 1 is 1.42 bits per heavy atom. The van der Waals surface area contributed by atoms with E-state index in [2.05, 4.69) is 5.32 Å². The van der Waals surface area contributed by atoms with Crippen LogP contribution in [0.3, 0.4) is 0 Å². The number of halogens is 2. The predicted molar refractivity (Wildman–Crippen MR) is 71.1 cm³/mol. The number of benzene rings is 1. The molecule has 2 atom stereocenters. The van der Waals surface area contributed by atoms with E-state index in [1.807, 2.05) is 7.05 Å². The van der Waals surface area contributed by atoms with Crippen molar-refractivity contribution in [2.24, 2.45) is 0 Å². The van der Waals surface area contributed by atoms with Crippen molar-refractivity contribution >= 4 is 0 Å². The third kappa shape index (κ3) is 3.98. The van der Waals surface area contributed by atoms with Crippen LogP contribution < -0.4 is 5.32 Å². The van der Waals surface area contributed by atoms with Gasteiger partial charge in [0.25, 0.3) is 0 Å². The summed E-state index contributed by atoms with van der Waals surface area (Å²) in [7, 11) is 1.86. The highest BCUT2D eigenvalue weighted by atomic mass is 19.2. The van der Waals surface area contributed by atoms with E-state index in [1.54, 1.807) is 12.1 Å². The van der Waals surface area contributed by atoms with Gasteiger partial charge in [-0.1, -0.05) is 12.1 Å². The van der Waals surface area contributed by atoms with Crippen LogP contribution in [0.25, 0.3) is 0 Å². The molecule has 1 aliphatic rings. The maximum Gasteiger partial charge on any atom is 0.162 e. The van der Waals surface area contributed by atoms with E-state index in [9.17, 15) is 8.78 Å².